The minimum Gasteiger partial charge on any atom is -0.316 e. The first kappa shape index (κ1) is 12.6. The number of rotatable bonds is 6. The molecular formula is C14H25N3. The average molecular weight is 235 g/mol. The summed E-state index contributed by atoms with van der Waals surface area (Å²) < 4.78 is 1.96. The lowest BCUT2D eigenvalue weighted by Gasteiger charge is -2.21. The van der Waals surface area contributed by atoms with Crippen molar-refractivity contribution >= 4 is 0 Å². The average Bonchev–Trinajstić information content (AvgIpc) is 2.76. The molecule has 1 aromatic rings. The van der Waals surface area contributed by atoms with Crippen molar-refractivity contribution in [2.75, 3.05) is 13.1 Å². The maximum Gasteiger partial charge on any atom is 0.0492 e. The van der Waals surface area contributed by atoms with Crippen LogP contribution in [0.4, 0.5) is 0 Å². The van der Waals surface area contributed by atoms with Gasteiger partial charge in [-0.1, -0.05) is 32.1 Å². The van der Waals surface area contributed by atoms with Crippen LogP contribution in [0.5, 0.6) is 0 Å². The van der Waals surface area contributed by atoms with Gasteiger partial charge in [-0.05, 0) is 24.9 Å². The zero-order valence-electron chi connectivity index (χ0n) is 11.0. The number of hydrogen-bond donors (Lipinski definition) is 1. The van der Waals surface area contributed by atoms with Crippen molar-refractivity contribution in [1.29, 1.82) is 0 Å². The lowest BCUT2D eigenvalue weighted by atomic mass is 9.87. The van der Waals surface area contributed by atoms with Crippen molar-refractivity contribution in [2.45, 2.75) is 44.9 Å². The Morgan fingerprint density at radius 3 is 2.82 bits per heavy atom. The zero-order valence-corrected chi connectivity index (χ0v) is 11.0. The highest BCUT2D eigenvalue weighted by Crippen LogP contribution is 2.25. The molecule has 1 saturated carbocycles. The van der Waals surface area contributed by atoms with E-state index in [9.17, 15) is 0 Å². The summed E-state index contributed by atoms with van der Waals surface area (Å²) >= 11 is 0. The fourth-order valence-electron chi connectivity index (χ4n) is 2.77. The van der Waals surface area contributed by atoms with Crippen molar-refractivity contribution in [3.8, 4) is 0 Å². The summed E-state index contributed by atoms with van der Waals surface area (Å²) in [5.74, 6) is 0.993. The molecule has 0 amide bonds. The predicted octanol–water partition coefficient (Wildman–Crippen LogP) is 2.52. The molecule has 0 aromatic carbocycles. The monoisotopic (exact) mass is 235 g/mol. The van der Waals surface area contributed by atoms with Gasteiger partial charge in [0.15, 0.2) is 0 Å². The van der Waals surface area contributed by atoms with Gasteiger partial charge < -0.3 is 5.32 Å². The van der Waals surface area contributed by atoms with E-state index in [-0.39, 0.29) is 0 Å². The SMILES string of the molecule is Cn1nccc1CCNCCC1CCCCC1. The molecule has 0 unspecified atom stereocenters. The Hall–Kier alpha value is -0.830. The molecule has 1 aliphatic carbocycles. The van der Waals surface area contributed by atoms with E-state index in [1.54, 1.807) is 0 Å². The second kappa shape index (κ2) is 6.80. The lowest BCUT2D eigenvalue weighted by molar-refractivity contribution is 0.334. The summed E-state index contributed by atoms with van der Waals surface area (Å²) in [6.45, 7) is 2.26. The van der Waals surface area contributed by atoms with Crippen LogP contribution in [-0.2, 0) is 13.5 Å². The van der Waals surface area contributed by atoms with Crippen LogP contribution in [0.1, 0.15) is 44.2 Å². The van der Waals surface area contributed by atoms with Crippen molar-refractivity contribution in [1.82, 2.24) is 15.1 Å². The van der Waals surface area contributed by atoms with E-state index in [0.29, 0.717) is 0 Å². The molecule has 1 fully saturated rings. The maximum atomic E-state index is 4.18. The Labute approximate surface area is 105 Å². The van der Waals surface area contributed by atoms with Crippen LogP contribution in [0.25, 0.3) is 0 Å². The quantitative estimate of drug-likeness (QED) is 0.768. The molecule has 0 spiro atoms. The van der Waals surface area contributed by atoms with Crippen LogP contribution >= 0.6 is 0 Å². The first-order chi connectivity index (χ1) is 8.36. The summed E-state index contributed by atoms with van der Waals surface area (Å²) in [6, 6.07) is 2.10. The van der Waals surface area contributed by atoms with Crippen molar-refractivity contribution in [3.63, 3.8) is 0 Å². The van der Waals surface area contributed by atoms with Crippen molar-refractivity contribution in [2.24, 2.45) is 13.0 Å². The molecular weight excluding hydrogens is 210 g/mol. The lowest BCUT2D eigenvalue weighted by Crippen LogP contribution is -2.22. The van der Waals surface area contributed by atoms with E-state index in [2.05, 4.69) is 16.5 Å². The highest BCUT2D eigenvalue weighted by molar-refractivity contribution is 5.00. The molecule has 0 radical (unpaired) electrons. The molecule has 2 rings (SSSR count). The van der Waals surface area contributed by atoms with E-state index >= 15 is 0 Å². The van der Waals surface area contributed by atoms with Gasteiger partial charge in [0.05, 0.1) is 0 Å². The molecule has 1 heterocycles. The van der Waals surface area contributed by atoms with Gasteiger partial charge in [0.2, 0.25) is 0 Å². The fraction of sp³-hybridized carbons (Fsp3) is 0.786. The van der Waals surface area contributed by atoms with Crippen LogP contribution in [0, 0.1) is 5.92 Å². The third-order valence-electron chi connectivity index (χ3n) is 3.93. The van der Waals surface area contributed by atoms with Gasteiger partial charge >= 0.3 is 0 Å². The van der Waals surface area contributed by atoms with Gasteiger partial charge in [0.25, 0.3) is 0 Å². The summed E-state index contributed by atoms with van der Waals surface area (Å²) in [7, 11) is 2.01. The van der Waals surface area contributed by atoms with Gasteiger partial charge in [0.1, 0.15) is 0 Å². The van der Waals surface area contributed by atoms with Gasteiger partial charge in [-0.3, -0.25) is 4.68 Å². The standard InChI is InChI=1S/C14H25N3/c1-17-14(9-12-16-17)8-11-15-10-7-13-5-3-2-4-6-13/h9,12-13,15H,2-8,10-11H2,1H3. The van der Waals surface area contributed by atoms with E-state index in [0.717, 1.165) is 18.9 Å². The minimum absolute atomic E-state index is 0.993. The van der Waals surface area contributed by atoms with Crippen LogP contribution in [0.3, 0.4) is 0 Å². The number of hydrogen-bond acceptors (Lipinski definition) is 2. The van der Waals surface area contributed by atoms with Crippen LogP contribution in [0.2, 0.25) is 0 Å². The zero-order chi connectivity index (χ0) is 11.9. The third-order valence-corrected chi connectivity index (χ3v) is 3.93. The highest BCUT2D eigenvalue weighted by Gasteiger charge is 2.12. The normalized spacial score (nSPS) is 17.5. The second-order valence-electron chi connectivity index (χ2n) is 5.24. The largest absolute Gasteiger partial charge is 0.316 e. The molecule has 0 bridgehead atoms. The molecule has 1 aromatic heterocycles. The van der Waals surface area contributed by atoms with Gasteiger partial charge in [-0.2, -0.15) is 5.10 Å². The van der Waals surface area contributed by atoms with Crippen molar-refractivity contribution in [3.05, 3.63) is 18.0 Å². The van der Waals surface area contributed by atoms with E-state index in [1.807, 2.05) is 17.9 Å². The van der Waals surface area contributed by atoms with Crippen LogP contribution in [-0.4, -0.2) is 22.9 Å². The number of nitrogens with one attached hydrogen (secondary N) is 1. The number of aryl methyl sites for hydroxylation is 1. The van der Waals surface area contributed by atoms with Gasteiger partial charge in [-0.25, -0.2) is 0 Å². The summed E-state index contributed by atoms with van der Waals surface area (Å²) in [4.78, 5) is 0. The second-order valence-corrected chi connectivity index (χ2v) is 5.24. The molecule has 3 heteroatoms. The van der Waals surface area contributed by atoms with Crippen LogP contribution < -0.4 is 5.32 Å². The Kier molecular flexibility index (Phi) is 5.05. The third kappa shape index (κ3) is 4.15. The Morgan fingerprint density at radius 1 is 1.29 bits per heavy atom. The van der Waals surface area contributed by atoms with Crippen molar-refractivity contribution < 1.29 is 0 Å². The molecule has 0 aliphatic heterocycles. The first-order valence-electron chi connectivity index (χ1n) is 7.04. The molecule has 0 atom stereocenters. The minimum atomic E-state index is 0.993. The Balaban J connectivity index is 1.53. The summed E-state index contributed by atoms with van der Waals surface area (Å²) in [5.41, 5.74) is 1.31. The smallest absolute Gasteiger partial charge is 0.0492 e. The molecule has 17 heavy (non-hydrogen) atoms. The first-order valence-corrected chi connectivity index (χ1v) is 7.04. The van der Waals surface area contributed by atoms with Gasteiger partial charge in [-0.15, -0.1) is 0 Å². The summed E-state index contributed by atoms with van der Waals surface area (Å²) in [6.07, 6.45) is 11.6. The van der Waals surface area contributed by atoms with Crippen LogP contribution in [0.15, 0.2) is 12.3 Å². The highest BCUT2D eigenvalue weighted by atomic mass is 15.3. The number of nitrogens with zero attached hydrogens (tertiary/aromatic N) is 2. The molecule has 1 N–H and O–H groups in total. The summed E-state index contributed by atoms with van der Waals surface area (Å²) in [5, 5.41) is 7.73. The topological polar surface area (TPSA) is 29.9 Å². The fourth-order valence-corrected chi connectivity index (χ4v) is 2.77. The Morgan fingerprint density at radius 2 is 2.12 bits per heavy atom. The Bertz CT molecular complexity index is 313. The van der Waals surface area contributed by atoms with E-state index < -0.39 is 0 Å². The van der Waals surface area contributed by atoms with Gasteiger partial charge in [0, 0.05) is 31.9 Å². The van der Waals surface area contributed by atoms with E-state index in [4.69, 9.17) is 0 Å². The molecule has 1 aliphatic rings. The molecule has 96 valence electrons. The molecule has 3 nitrogen and oxygen atoms in total. The molecule has 0 saturated heterocycles. The predicted molar refractivity (Wildman–Crippen MR) is 71.0 cm³/mol. The maximum absolute atomic E-state index is 4.18. The van der Waals surface area contributed by atoms with E-state index in [1.165, 1.54) is 50.8 Å². The number of aromatic nitrogens is 2.